The standard InChI is InChI=1S/C9H5F3O4/c10-9(11,12)4-1-2-5-7(16-3-15-5)6(4)8(13)14/h1-2H,3H2,(H,13,14). The van der Waals surface area contributed by atoms with Gasteiger partial charge in [-0.2, -0.15) is 13.2 Å². The molecule has 0 bridgehead atoms. The molecule has 4 nitrogen and oxygen atoms in total. The number of alkyl halides is 3. The molecule has 1 aromatic rings. The molecular formula is C9H5F3O4. The van der Waals surface area contributed by atoms with Gasteiger partial charge in [-0.05, 0) is 12.1 Å². The van der Waals surface area contributed by atoms with E-state index in [-0.39, 0.29) is 18.3 Å². The van der Waals surface area contributed by atoms with E-state index in [1.807, 2.05) is 0 Å². The maximum atomic E-state index is 12.5. The number of hydrogen-bond acceptors (Lipinski definition) is 3. The molecule has 0 aromatic heterocycles. The molecule has 1 aliphatic heterocycles. The van der Waals surface area contributed by atoms with Gasteiger partial charge in [-0.1, -0.05) is 0 Å². The summed E-state index contributed by atoms with van der Waals surface area (Å²) in [6, 6.07) is 1.70. The van der Waals surface area contributed by atoms with E-state index in [1.165, 1.54) is 0 Å². The van der Waals surface area contributed by atoms with Gasteiger partial charge >= 0.3 is 12.1 Å². The molecule has 0 unspecified atom stereocenters. The zero-order chi connectivity index (χ0) is 11.9. The third-order valence-electron chi connectivity index (χ3n) is 2.06. The Hall–Kier alpha value is -1.92. The highest BCUT2D eigenvalue weighted by atomic mass is 19.4. The number of fused-ring (bicyclic) bond motifs is 1. The molecule has 1 N–H and O–H groups in total. The van der Waals surface area contributed by atoms with Crippen LogP contribution in [0.4, 0.5) is 13.2 Å². The number of rotatable bonds is 1. The van der Waals surface area contributed by atoms with E-state index in [0.29, 0.717) is 6.07 Å². The second-order valence-corrected chi connectivity index (χ2v) is 3.02. The fourth-order valence-corrected chi connectivity index (χ4v) is 1.42. The first-order chi connectivity index (χ1) is 7.41. The Kier molecular flexibility index (Phi) is 2.18. The maximum absolute atomic E-state index is 12.5. The highest BCUT2D eigenvalue weighted by Crippen LogP contribution is 2.42. The van der Waals surface area contributed by atoms with E-state index in [0.717, 1.165) is 6.07 Å². The number of benzene rings is 1. The smallest absolute Gasteiger partial charge is 0.417 e. The lowest BCUT2D eigenvalue weighted by Crippen LogP contribution is -2.13. The van der Waals surface area contributed by atoms with Crippen molar-refractivity contribution in [1.82, 2.24) is 0 Å². The second kappa shape index (κ2) is 3.29. The van der Waals surface area contributed by atoms with Crippen molar-refractivity contribution in [3.8, 4) is 11.5 Å². The number of halogens is 3. The van der Waals surface area contributed by atoms with Gasteiger partial charge in [-0.25, -0.2) is 4.79 Å². The molecule has 0 atom stereocenters. The van der Waals surface area contributed by atoms with Crippen LogP contribution in [0, 0.1) is 0 Å². The fourth-order valence-electron chi connectivity index (χ4n) is 1.42. The molecule has 1 aromatic carbocycles. The van der Waals surface area contributed by atoms with Crippen LogP contribution in [0.15, 0.2) is 12.1 Å². The van der Waals surface area contributed by atoms with Crippen LogP contribution in [0.25, 0.3) is 0 Å². The third-order valence-corrected chi connectivity index (χ3v) is 2.06. The molecule has 86 valence electrons. The van der Waals surface area contributed by atoms with E-state index < -0.39 is 23.3 Å². The van der Waals surface area contributed by atoms with E-state index in [2.05, 4.69) is 0 Å². The van der Waals surface area contributed by atoms with Gasteiger partial charge in [0.2, 0.25) is 6.79 Å². The van der Waals surface area contributed by atoms with Crippen LogP contribution >= 0.6 is 0 Å². The molecule has 1 heterocycles. The zero-order valence-electron chi connectivity index (χ0n) is 7.67. The van der Waals surface area contributed by atoms with E-state index in [1.54, 1.807) is 0 Å². The molecule has 0 aliphatic carbocycles. The minimum atomic E-state index is -4.74. The number of carboxylic acid groups (broad SMARTS) is 1. The number of carbonyl (C=O) groups is 1. The largest absolute Gasteiger partial charge is 0.478 e. The van der Waals surface area contributed by atoms with Crippen LogP contribution in [0.3, 0.4) is 0 Å². The summed E-state index contributed by atoms with van der Waals surface area (Å²) in [6.07, 6.45) is -4.74. The predicted molar refractivity (Wildman–Crippen MR) is 44.5 cm³/mol. The van der Waals surface area contributed by atoms with Crippen molar-refractivity contribution in [3.63, 3.8) is 0 Å². The van der Waals surface area contributed by atoms with Crippen LogP contribution < -0.4 is 9.47 Å². The quantitative estimate of drug-likeness (QED) is 0.808. The summed E-state index contributed by atoms with van der Waals surface area (Å²) >= 11 is 0. The Labute approximate surface area is 87.2 Å². The van der Waals surface area contributed by atoms with E-state index in [9.17, 15) is 18.0 Å². The molecule has 0 radical (unpaired) electrons. The summed E-state index contributed by atoms with van der Waals surface area (Å²) in [4.78, 5) is 10.8. The summed E-state index contributed by atoms with van der Waals surface area (Å²) < 4.78 is 47.1. The van der Waals surface area contributed by atoms with E-state index in [4.69, 9.17) is 14.6 Å². The summed E-state index contributed by atoms with van der Waals surface area (Å²) in [5.74, 6) is -2.07. The van der Waals surface area contributed by atoms with Gasteiger partial charge in [-0.3, -0.25) is 0 Å². The first-order valence-corrected chi connectivity index (χ1v) is 4.14. The lowest BCUT2D eigenvalue weighted by molar-refractivity contribution is -0.138. The van der Waals surface area contributed by atoms with Gasteiger partial charge in [0.05, 0.1) is 5.56 Å². The third kappa shape index (κ3) is 1.54. The second-order valence-electron chi connectivity index (χ2n) is 3.02. The SMILES string of the molecule is O=C(O)c1c(C(F)(F)F)ccc2c1OCO2. The molecular weight excluding hydrogens is 229 g/mol. The Morgan fingerprint density at radius 2 is 2.00 bits per heavy atom. The van der Waals surface area contributed by atoms with Crippen molar-refractivity contribution in [2.45, 2.75) is 6.18 Å². The first-order valence-electron chi connectivity index (χ1n) is 4.14. The highest BCUT2D eigenvalue weighted by molar-refractivity contribution is 5.94. The average molecular weight is 234 g/mol. The maximum Gasteiger partial charge on any atom is 0.417 e. The number of aromatic carboxylic acids is 1. The van der Waals surface area contributed by atoms with Gasteiger partial charge < -0.3 is 14.6 Å². The minimum absolute atomic E-state index is 0.00500. The fraction of sp³-hybridized carbons (Fsp3) is 0.222. The summed E-state index contributed by atoms with van der Waals surface area (Å²) in [5, 5.41) is 8.76. The van der Waals surface area contributed by atoms with Crippen LogP contribution in [0.5, 0.6) is 11.5 Å². The number of carboxylic acids is 1. The van der Waals surface area contributed by atoms with Gasteiger partial charge in [-0.15, -0.1) is 0 Å². The molecule has 0 fully saturated rings. The van der Waals surface area contributed by atoms with Gasteiger partial charge in [0.1, 0.15) is 5.56 Å². The molecule has 2 rings (SSSR count). The van der Waals surface area contributed by atoms with Crippen molar-refractivity contribution in [3.05, 3.63) is 23.3 Å². The van der Waals surface area contributed by atoms with E-state index >= 15 is 0 Å². The highest BCUT2D eigenvalue weighted by Gasteiger charge is 2.39. The van der Waals surface area contributed by atoms with Crippen molar-refractivity contribution in [2.24, 2.45) is 0 Å². The lowest BCUT2D eigenvalue weighted by atomic mass is 10.1. The van der Waals surface area contributed by atoms with Gasteiger partial charge in [0, 0.05) is 0 Å². The van der Waals surface area contributed by atoms with Gasteiger partial charge in [0.25, 0.3) is 0 Å². The number of hydrogen-bond donors (Lipinski definition) is 1. The average Bonchev–Trinajstić information content (AvgIpc) is 2.61. The summed E-state index contributed by atoms with van der Waals surface area (Å²) in [7, 11) is 0. The number of ether oxygens (including phenoxy) is 2. The molecule has 0 saturated heterocycles. The van der Waals surface area contributed by atoms with Crippen LogP contribution in [-0.4, -0.2) is 17.9 Å². The Morgan fingerprint density at radius 3 is 2.56 bits per heavy atom. The Morgan fingerprint density at radius 1 is 1.31 bits per heavy atom. The normalized spacial score (nSPS) is 13.9. The Balaban J connectivity index is 2.68. The van der Waals surface area contributed by atoms with Gasteiger partial charge in [0.15, 0.2) is 11.5 Å². The molecule has 0 spiro atoms. The van der Waals surface area contributed by atoms with Crippen LogP contribution in [0.1, 0.15) is 15.9 Å². The zero-order valence-corrected chi connectivity index (χ0v) is 7.67. The topological polar surface area (TPSA) is 55.8 Å². The first kappa shape index (κ1) is 10.6. The molecule has 0 saturated carbocycles. The monoisotopic (exact) mass is 234 g/mol. The predicted octanol–water partition coefficient (Wildman–Crippen LogP) is 2.13. The molecule has 16 heavy (non-hydrogen) atoms. The molecule has 0 amide bonds. The van der Waals surface area contributed by atoms with Crippen molar-refractivity contribution in [1.29, 1.82) is 0 Å². The van der Waals surface area contributed by atoms with Crippen LogP contribution in [0.2, 0.25) is 0 Å². The molecule has 1 aliphatic rings. The summed E-state index contributed by atoms with van der Waals surface area (Å²) in [5.41, 5.74) is -2.16. The van der Waals surface area contributed by atoms with Crippen molar-refractivity contribution < 1.29 is 32.5 Å². The summed E-state index contributed by atoms with van der Waals surface area (Å²) in [6.45, 7) is -0.281. The van der Waals surface area contributed by atoms with Crippen molar-refractivity contribution >= 4 is 5.97 Å². The lowest BCUT2D eigenvalue weighted by Gasteiger charge is -2.11. The molecule has 7 heteroatoms. The minimum Gasteiger partial charge on any atom is -0.478 e. The Bertz CT molecular complexity index is 453. The van der Waals surface area contributed by atoms with Crippen molar-refractivity contribution in [2.75, 3.05) is 6.79 Å². The van der Waals surface area contributed by atoms with Crippen LogP contribution in [-0.2, 0) is 6.18 Å².